The Morgan fingerprint density at radius 3 is 2.40 bits per heavy atom. The minimum atomic E-state index is -0.646. The molecule has 2 amide bonds. The molecule has 2 aromatic carbocycles. The second-order valence-corrected chi connectivity index (χ2v) is 8.46. The van der Waals surface area contributed by atoms with E-state index in [1.165, 1.54) is 0 Å². The van der Waals surface area contributed by atoms with Gasteiger partial charge in [-0.25, -0.2) is 0 Å². The lowest BCUT2D eigenvalue weighted by Crippen LogP contribution is -2.48. The van der Waals surface area contributed by atoms with E-state index in [0.717, 1.165) is 29.5 Å². The van der Waals surface area contributed by atoms with E-state index in [2.05, 4.69) is 12.2 Å². The third-order valence-electron chi connectivity index (χ3n) is 5.23. The zero-order chi connectivity index (χ0) is 22.3. The zero-order valence-electron chi connectivity index (χ0n) is 18.1. The maximum Gasteiger partial charge on any atom is 0.242 e. The minimum Gasteiger partial charge on any atom is -0.354 e. The van der Waals surface area contributed by atoms with Crippen LogP contribution in [0.4, 0.5) is 0 Å². The van der Waals surface area contributed by atoms with Crippen LogP contribution in [-0.2, 0) is 22.6 Å². The fourth-order valence-electron chi connectivity index (χ4n) is 3.23. The summed E-state index contributed by atoms with van der Waals surface area (Å²) in [6.07, 6.45) is 2.09. The summed E-state index contributed by atoms with van der Waals surface area (Å²) in [5.74, 6) is -0.321. The van der Waals surface area contributed by atoms with Gasteiger partial charge in [-0.05, 0) is 50.5 Å². The van der Waals surface area contributed by atoms with Crippen LogP contribution in [0.25, 0.3) is 0 Å². The summed E-state index contributed by atoms with van der Waals surface area (Å²) >= 11 is 12.7. The Morgan fingerprint density at radius 1 is 1.10 bits per heavy atom. The smallest absolute Gasteiger partial charge is 0.242 e. The molecular weight excluding hydrogens is 419 g/mol. The Labute approximate surface area is 189 Å². The standard InChI is InChI=1S/C24H30Cl2N2O2/c1-5-6-12-27-24(30)18(4)28(15-20-21(25)8-7-9-22(20)26)23(29)14-19-13-16(2)10-11-17(19)3/h7-11,13,18H,5-6,12,14-15H2,1-4H3,(H,27,30). The van der Waals surface area contributed by atoms with Gasteiger partial charge in [0.25, 0.3) is 0 Å². The van der Waals surface area contributed by atoms with Crippen LogP contribution >= 0.6 is 23.2 Å². The first-order valence-electron chi connectivity index (χ1n) is 10.3. The molecule has 0 radical (unpaired) electrons. The Balaban J connectivity index is 2.30. The molecule has 0 bridgehead atoms. The number of benzene rings is 2. The van der Waals surface area contributed by atoms with Gasteiger partial charge in [-0.1, -0.05) is 66.4 Å². The fourth-order valence-corrected chi connectivity index (χ4v) is 3.74. The first-order valence-corrected chi connectivity index (χ1v) is 11.1. The molecular formula is C24H30Cl2N2O2. The molecule has 0 aromatic heterocycles. The summed E-state index contributed by atoms with van der Waals surface area (Å²) in [4.78, 5) is 27.6. The van der Waals surface area contributed by atoms with Gasteiger partial charge in [0.1, 0.15) is 6.04 Å². The number of unbranched alkanes of at least 4 members (excludes halogenated alkanes) is 1. The summed E-state index contributed by atoms with van der Waals surface area (Å²) in [6.45, 7) is 8.55. The molecule has 4 nitrogen and oxygen atoms in total. The van der Waals surface area contributed by atoms with Crippen LogP contribution in [0.15, 0.2) is 36.4 Å². The molecule has 30 heavy (non-hydrogen) atoms. The van der Waals surface area contributed by atoms with E-state index >= 15 is 0 Å². The minimum absolute atomic E-state index is 0.141. The average Bonchev–Trinajstić information content (AvgIpc) is 2.70. The van der Waals surface area contributed by atoms with Gasteiger partial charge in [0, 0.05) is 28.7 Å². The van der Waals surface area contributed by atoms with E-state index < -0.39 is 6.04 Å². The molecule has 0 saturated carbocycles. The highest BCUT2D eigenvalue weighted by molar-refractivity contribution is 6.36. The molecule has 1 atom stereocenters. The molecule has 0 aliphatic carbocycles. The fraction of sp³-hybridized carbons (Fsp3) is 0.417. The molecule has 0 aliphatic rings. The Morgan fingerprint density at radius 2 is 1.77 bits per heavy atom. The molecule has 0 saturated heterocycles. The maximum atomic E-state index is 13.3. The molecule has 1 N–H and O–H groups in total. The predicted molar refractivity (Wildman–Crippen MR) is 124 cm³/mol. The summed E-state index contributed by atoms with van der Waals surface area (Å²) in [6, 6.07) is 10.6. The van der Waals surface area contributed by atoms with Crippen LogP contribution in [0.1, 0.15) is 48.9 Å². The predicted octanol–water partition coefficient (Wildman–Crippen LogP) is 5.49. The van der Waals surface area contributed by atoms with Crippen LogP contribution in [0.5, 0.6) is 0 Å². The molecule has 0 heterocycles. The first kappa shape index (κ1) is 24.2. The topological polar surface area (TPSA) is 49.4 Å². The number of carbonyl (C=O) groups is 2. The Hall–Kier alpha value is -2.04. The number of carbonyl (C=O) groups excluding carboxylic acids is 2. The van der Waals surface area contributed by atoms with Crippen LogP contribution in [-0.4, -0.2) is 29.3 Å². The lowest BCUT2D eigenvalue weighted by molar-refractivity contribution is -0.140. The van der Waals surface area contributed by atoms with Gasteiger partial charge >= 0.3 is 0 Å². The summed E-state index contributed by atoms with van der Waals surface area (Å²) in [7, 11) is 0. The zero-order valence-corrected chi connectivity index (χ0v) is 19.6. The number of rotatable bonds is 9. The van der Waals surface area contributed by atoms with Gasteiger partial charge in [0.2, 0.25) is 11.8 Å². The lowest BCUT2D eigenvalue weighted by atomic mass is 10.0. The van der Waals surface area contributed by atoms with E-state index in [-0.39, 0.29) is 24.8 Å². The van der Waals surface area contributed by atoms with E-state index in [4.69, 9.17) is 23.2 Å². The monoisotopic (exact) mass is 448 g/mol. The van der Waals surface area contributed by atoms with Gasteiger partial charge < -0.3 is 10.2 Å². The van der Waals surface area contributed by atoms with Gasteiger partial charge in [-0.3, -0.25) is 9.59 Å². The van der Waals surface area contributed by atoms with Gasteiger partial charge in [0.05, 0.1) is 6.42 Å². The summed E-state index contributed by atoms with van der Waals surface area (Å²) in [5.41, 5.74) is 3.73. The molecule has 0 fully saturated rings. The van der Waals surface area contributed by atoms with E-state index in [1.807, 2.05) is 32.0 Å². The highest BCUT2D eigenvalue weighted by Gasteiger charge is 2.27. The quantitative estimate of drug-likeness (QED) is 0.515. The van der Waals surface area contributed by atoms with Crippen molar-refractivity contribution < 1.29 is 9.59 Å². The molecule has 2 rings (SSSR count). The Bertz CT molecular complexity index is 879. The third-order valence-corrected chi connectivity index (χ3v) is 5.94. The molecule has 6 heteroatoms. The summed E-state index contributed by atoms with van der Waals surface area (Å²) in [5, 5.41) is 3.87. The van der Waals surface area contributed by atoms with Crippen molar-refractivity contribution in [2.24, 2.45) is 0 Å². The molecule has 0 spiro atoms. The number of nitrogens with zero attached hydrogens (tertiary/aromatic N) is 1. The van der Waals surface area contributed by atoms with Gasteiger partial charge in [-0.2, -0.15) is 0 Å². The number of amides is 2. The molecule has 162 valence electrons. The maximum absolute atomic E-state index is 13.3. The SMILES string of the molecule is CCCCNC(=O)C(C)N(Cc1c(Cl)cccc1Cl)C(=O)Cc1cc(C)ccc1C. The van der Waals surface area contributed by atoms with Crippen molar-refractivity contribution in [2.75, 3.05) is 6.54 Å². The van der Waals surface area contributed by atoms with Crippen molar-refractivity contribution >= 4 is 35.0 Å². The van der Waals surface area contributed by atoms with E-state index in [1.54, 1.807) is 30.0 Å². The van der Waals surface area contributed by atoms with Crippen LogP contribution in [0, 0.1) is 13.8 Å². The van der Waals surface area contributed by atoms with Crippen LogP contribution in [0.3, 0.4) is 0 Å². The van der Waals surface area contributed by atoms with Crippen LogP contribution in [0.2, 0.25) is 10.0 Å². The number of aryl methyl sites for hydroxylation is 2. The Kier molecular flexibility index (Phi) is 9.19. The lowest BCUT2D eigenvalue weighted by Gasteiger charge is -2.29. The normalized spacial score (nSPS) is 11.8. The number of hydrogen-bond donors (Lipinski definition) is 1. The van der Waals surface area contributed by atoms with Crippen molar-refractivity contribution in [3.05, 3.63) is 68.7 Å². The number of halogens is 2. The van der Waals surface area contributed by atoms with Crippen molar-refractivity contribution in [3.63, 3.8) is 0 Å². The number of hydrogen-bond acceptors (Lipinski definition) is 2. The number of nitrogens with one attached hydrogen (secondary N) is 1. The second kappa shape index (κ2) is 11.4. The van der Waals surface area contributed by atoms with E-state index in [9.17, 15) is 9.59 Å². The highest BCUT2D eigenvalue weighted by atomic mass is 35.5. The van der Waals surface area contributed by atoms with Crippen molar-refractivity contribution in [1.82, 2.24) is 10.2 Å². The van der Waals surface area contributed by atoms with Crippen molar-refractivity contribution in [2.45, 2.75) is 59.5 Å². The third kappa shape index (κ3) is 6.48. The van der Waals surface area contributed by atoms with E-state index in [0.29, 0.717) is 22.2 Å². The first-order chi connectivity index (χ1) is 14.2. The highest BCUT2D eigenvalue weighted by Crippen LogP contribution is 2.27. The largest absolute Gasteiger partial charge is 0.354 e. The molecule has 1 unspecified atom stereocenters. The molecule has 0 aliphatic heterocycles. The summed E-state index contributed by atoms with van der Waals surface area (Å²) < 4.78 is 0. The van der Waals surface area contributed by atoms with Crippen molar-refractivity contribution in [1.29, 1.82) is 0 Å². The average molecular weight is 449 g/mol. The van der Waals surface area contributed by atoms with Gasteiger partial charge in [0.15, 0.2) is 0 Å². The second-order valence-electron chi connectivity index (χ2n) is 7.65. The van der Waals surface area contributed by atoms with Gasteiger partial charge in [-0.15, -0.1) is 0 Å². The van der Waals surface area contributed by atoms with Crippen molar-refractivity contribution in [3.8, 4) is 0 Å². The molecule has 2 aromatic rings. The van der Waals surface area contributed by atoms with Crippen LogP contribution < -0.4 is 5.32 Å².